The van der Waals surface area contributed by atoms with E-state index < -0.39 is 121 Å². The number of rotatable bonds is 20. The van der Waals surface area contributed by atoms with Crippen LogP contribution in [0.4, 0.5) is 59.4 Å². The first-order chi connectivity index (χ1) is 38.5. The molecule has 0 spiro atoms. The number of hydrazine groups is 1. The van der Waals surface area contributed by atoms with E-state index >= 15 is 8.78 Å². The second-order valence-electron chi connectivity index (χ2n) is 21.2. The van der Waals surface area contributed by atoms with Crippen molar-refractivity contribution >= 4 is 29.9 Å². The molecule has 0 saturated carbocycles. The van der Waals surface area contributed by atoms with Crippen LogP contribution in [0, 0.1) is 34.3 Å². The normalized spacial score (nSPS) is 18.4. The minimum Gasteiger partial charge on any atom is -0.453 e. The van der Waals surface area contributed by atoms with Crippen molar-refractivity contribution in [2.24, 2.45) is 10.8 Å². The third-order valence-electron chi connectivity index (χ3n) is 14.8. The van der Waals surface area contributed by atoms with Gasteiger partial charge in [0.05, 0.1) is 67.7 Å². The Kier molecular flexibility index (Phi) is 19.3. The summed E-state index contributed by atoms with van der Waals surface area (Å²) >= 11 is 0. The molecule has 5 heterocycles. The molecule has 2 aromatic heterocycles. The second kappa shape index (κ2) is 25.5. The molecule has 0 radical (unpaired) electrons. The molecule has 7 rings (SSSR count). The third kappa shape index (κ3) is 14.7. The SMILES string of the molecule is COC(=O)N[C@H](C(=O)N[C@@H](Cc1ccc(C#Cc2cnc(N3CC4CCC(C3)N4C3COC3)nc2)cc1)[C@@H](O)CN(Cc1c(F)cc(-c2ccn(CC(F)F)n2)cc1F)NC(=O)[C@@H](NC(=O)OC)C(C)(C)C(F)(F)F)C(C)(C)C(F)(F)F. The first-order valence-electron chi connectivity index (χ1n) is 25.7. The van der Waals surface area contributed by atoms with E-state index in [2.05, 4.69) is 51.5 Å². The smallest absolute Gasteiger partial charge is 0.407 e. The van der Waals surface area contributed by atoms with Crippen LogP contribution in [0.2, 0.25) is 0 Å². The molecular formula is C53H61F10N11O8. The van der Waals surface area contributed by atoms with Crippen LogP contribution in [-0.4, -0.2) is 167 Å². The highest BCUT2D eigenvalue weighted by Gasteiger charge is 2.57. The molecule has 2 aromatic carbocycles. The molecule has 29 heteroatoms. The molecule has 82 heavy (non-hydrogen) atoms. The number of hydrogen-bond acceptors (Lipinski definition) is 14. The molecule has 446 valence electrons. The average Bonchev–Trinajstić information content (AvgIpc) is 4.17. The number of aliphatic hydroxyl groups is 1. The number of carbonyl (C=O) groups is 4. The summed E-state index contributed by atoms with van der Waals surface area (Å²) in [6, 6.07) is 3.04. The molecule has 2 bridgehead atoms. The summed E-state index contributed by atoms with van der Waals surface area (Å²) in [5.74, 6) is 0.531. The van der Waals surface area contributed by atoms with Crippen molar-refractivity contribution < 1.29 is 82.4 Å². The maximum atomic E-state index is 16.1. The minimum absolute atomic E-state index is 0.157. The summed E-state index contributed by atoms with van der Waals surface area (Å²) in [6.45, 7) is 2.19. The van der Waals surface area contributed by atoms with E-state index in [0.29, 0.717) is 67.9 Å². The average molecular weight is 1170 g/mol. The predicted octanol–water partition coefficient (Wildman–Crippen LogP) is 5.88. The highest BCUT2D eigenvalue weighted by atomic mass is 19.4. The zero-order chi connectivity index (χ0) is 60.1. The number of piperazine rings is 1. The van der Waals surface area contributed by atoms with Crippen LogP contribution in [-0.2, 0) is 43.3 Å². The summed E-state index contributed by atoms with van der Waals surface area (Å²) in [5.41, 5.74) is -4.26. The molecule has 19 nitrogen and oxygen atoms in total. The highest BCUT2D eigenvalue weighted by molar-refractivity contribution is 5.87. The summed E-state index contributed by atoms with van der Waals surface area (Å²) in [4.78, 5) is 66.8. The zero-order valence-corrected chi connectivity index (χ0v) is 45.2. The number of methoxy groups -OCH3 is 2. The Morgan fingerprint density at radius 1 is 0.780 bits per heavy atom. The van der Waals surface area contributed by atoms with Crippen molar-refractivity contribution in [3.63, 3.8) is 0 Å². The summed E-state index contributed by atoms with van der Waals surface area (Å²) in [5, 5.41) is 22.4. The second-order valence-corrected chi connectivity index (χ2v) is 21.2. The fourth-order valence-corrected chi connectivity index (χ4v) is 9.71. The molecule has 5 N–H and O–H groups in total. The number of carbonyl (C=O) groups excluding carboxylic acids is 4. The van der Waals surface area contributed by atoms with Crippen LogP contribution in [0.1, 0.15) is 62.8 Å². The lowest BCUT2D eigenvalue weighted by Crippen LogP contribution is -2.63. The lowest BCUT2D eigenvalue weighted by Gasteiger charge is -2.47. The van der Waals surface area contributed by atoms with Gasteiger partial charge in [0.2, 0.25) is 11.9 Å². The van der Waals surface area contributed by atoms with E-state index in [4.69, 9.17) is 4.74 Å². The number of fused-ring (bicyclic) bond motifs is 2. The van der Waals surface area contributed by atoms with E-state index in [-0.39, 0.29) is 16.8 Å². The van der Waals surface area contributed by atoms with E-state index in [0.717, 1.165) is 76.4 Å². The van der Waals surface area contributed by atoms with E-state index in [1.165, 1.54) is 30.3 Å². The molecular weight excluding hydrogens is 1110 g/mol. The Morgan fingerprint density at radius 2 is 1.32 bits per heavy atom. The number of aromatic nitrogens is 4. The minimum atomic E-state index is -5.23. The zero-order valence-electron chi connectivity index (χ0n) is 45.2. The molecule has 0 aliphatic carbocycles. The van der Waals surface area contributed by atoms with E-state index in [1.807, 2.05) is 10.7 Å². The Balaban J connectivity index is 1.18. The van der Waals surface area contributed by atoms with Gasteiger partial charge in [0.1, 0.15) is 30.3 Å². The van der Waals surface area contributed by atoms with Gasteiger partial charge in [-0.15, -0.1) is 0 Å². The Hall–Kier alpha value is -7.29. The number of halogens is 10. The lowest BCUT2D eigenvalue weighted by atomic mass is 9.82. The van der Waals surface area contributed by atoms with Crippen molar-refractivity contribution in [2.45, 2.75) is 121 Å². The molecule has 6 atom stereocenters. The van der Waals surface area contributed by atoms with Crippen LogP contribution in [0.3, 0.4) is 0 Å². The first-order valence-corrected chi connectivity index (χ1v) is 25.7. The number of anilines is 1. The van der Waals surface area contributed by atoms with E-state index in [9.17, 15) is 59.4 Å². The molecule has 3 aliphatic heterocycles. The fraction of sp³-hybridized carbons (Fsp3) is 0.528. The Bertz CT molecular complexity index is 2930. The monoisotopic (exact) mass is 1170 g/mol. The molecule has 3 fully saturated rings. The van der Waals surface area contributed by atoms with Crippen LogP contribution in [0.5, 0.6) is 0 Å². The first kappa shape index (κ1) is 62.3. The molecule has 2 unspecified atom stereocenters. The topological polar surface area (TPSA) is 218 Å². The number of ether oxygens (including phenoxy) is 3. The quantitative estimate of drug-likeness (QED) is 0.0397. The van der Waals surface area contributed by atoms with Crippen molar-refractivity contribution in [1.29, 1.82) is 0 Å². The van der Waals surface area contributed by atoms with Gasteiger partial charge in [0.25, 0.3) is 12.3 Å². The van der Waals surface area contributed by atoms with Gasteiger partial charge in [-0.05, 0) is 82.9 Å². The standard InChI is InChI=1S/C53H61F10N11O8/c1-50(2,52(58,59)60)43(67-48(78)80-5)45(76)66-40(17-30-10-7-29(8-11-30)9-12-31-20-64-47(65-21-31)71-22-33-13-14-34(23-71)74(33)35-27-82-28-35)41(75)25-73(70-46(77)44(68-49(79)81-6)51(3,4)53(61,62)63)24-36-37(54)18-32(19-38(36)55)39-15-16-72(69-39)26-42(56)57/h7-8,10-11,15-16,18-21,33-35,40-44,75H,13-14,17,22-28H2,1-6H3,(H,66,76)(H,67,78)(H,68,79)(H,70,77)/t33?,34?,40-,41-,43+,44+/m0/s1. The van der Waals surface area contributed by atoms with Crippen LogP contribution in [0.15, 0.2) is 61.1 Å². The van der Waals surface area contributed by atoms with Gasteiger partial charge < -0.3 is 40.2 Å². The predicted molar refractivity (Wildman–Crippen MR) is 272 cm³/mol. The molecule has 3 aliphatic rings. The van der Waals surface area contributed by atoms with Gasteiger partial charge in [-0.1, -0.05) is 24.0 Å². The molecule has 4 amide bonds. The number of hydrogen-bond donors (Lipinski definition) is 5. The van der Waals surface area contributed by atoms with Gasteiger partial charge in [-0.25, -0.2) is 42.1 Å². The van der Waals surface area contributed by atoms with Crippen LogP contribution >= 0.6 is 0 Å². The number of amides is 4. The van der Waals surface area contributed by atoms with Crippen molar-refractivity contribution in [3.05, 3.63) is 94.9 Å². The molecule has 4 aromatic rings. The molecule has 3 saturated heterocycles. The van der Waals surface area contributed by atoms with Crippen molar-refractivity contribution in [1.82, 2.24) is 51.0 Å². The van der Waals surface area contributed by atoms with Crippen molar-refractivity contribution in [3.8, 4) is 23.1 Å². The largest absolute Gasteiger partial charge is 0.453 e. The summed E-state index contributed by atoms with van der Waals surface area (Å²) in [7, 11) is 1.61. The van der Waals surface area contributed by atoms with Gasteiger partial charge in [-0.3, -0.25) is 24.6 Å². The Labute approximate surface area is 464 Å². The number of alkyl carbamates (subject to hydrolysis) is 2. The summed E-state index contributed by atoms with van der Waals surface area (Å²) in [6.07, 6.45) is -12.4. The van der Waals surface area contributed by atoms with Gasteiger partial charge >= 0.3 is 24.5 Å². The maximum Gasteiger partial charge on any atom is 0.407 e. The fourth-order valence-electron chi connectivity index (χ4n) is 9.71. The van der Waals surface area contributed by atoms with Gasteiger partial charge in [-0.2, -0.15) is 31.4 Å². The lowest BCUT2D eigenvalue weighted by molar-refractivity contribution is -0.221. The number of nitrogens with zero attached hydrogens (tertiary/aromatic N) is 7. The van der Waals surface area contributed by atoms with Crippen LogP contribution in [0.25, 0.3) is 11.3 Å². The van der Waals surface area contributed by atoms with Gasteiger partial charge in [0, 0.05) is 73.5 Å². The number of benzene rings is 2. The Morgan fingerprint density at radius 3 is 1.82 bits per heavy atom. The number of nitrogens with one attached hydrogen (secondary N) is 4. The van der Waals surface area contributed by atoms with Crippen LogP contribution < -0.4 is 26.3 Å². The third-order valence-corrected chi connectivity index (χ3v) is 14.8. The number of aliphatic hydroxyl groups excluding tert-OH is 1. The maximum absolute atomic E-state index is 16.1. The highest BCUT2D eigenvalue weighted by Crippen LogP contribution is 2.42. The summed E-state index contributed by atoms with van der Waals surface area (Å²) < 4.78 is 161. The van der Waals surface area contributed by atoms with Crippen molar-refractivity contribution in [2.75, 3.05) is 52.0 Å². The number of alkyl halides is 8. The van der Waals surface area contributed by atoms with Gasteiger partial charge in [0.15, 0.2) is 0 Å². The van der Waals surface area contributed by atoms with E-state index in [1.54, 1.807) is 17.7 Å².